The molecule has 1 aromatic carbocycles. The fraction of sp³-hybridized carbons (Fsp3) is 0.667. The first-order valence-corrected chi connectivity index (χ1v) is 13.6. The van der Waals surface area contributed by atoms with Crippen molar-refractivity contribution in [3.63, 3.8) is 0 Å². The average Bonchev–Trinajstić information content (AvgIpc) is 3.35. The van der Waals surface area contributed by atoms with Gasteiger partial charge in [-0.15, -0.1) is 0 Å². The number of esters is 2. The molecule has 4 aliphatic rings. The monoisotopic (exact) mass is 526 g/mol. The molecule has 6 atom stereocenters. The maximum absolute atomic E-state index is 13.3. The zero-order valence-electron chi connectivity index (χ0n) is 23.1. The van der Waals surface area contributed by atoms with Crippen molar-refractivity contribution in [1.29, 1.82) is 0 Å². The Labute approximate surface area is 223 Å². The highest BCUT2D eigenvalue weighted by molar-refractivity contribution is 6.09. The number of carboxylic acids is 2. The minimum Gasteiger partial charge on any atom is -0.478 e. The van der Waals surface area contributed by atoms with Gasteiger partial charge in [0.15, 0.2) is 0 Å². The molecule has 2 N–H and O–H groups in total. The molecule has 5 rings (SSSR count). The highest BCUT2D eigenvalue weighted by atomic mass is 16.5. The van der Waals surface area contributed by atoms with Gasteiger partial charge in [0, 0.05) is 10.8 Å². The lowest BCUT2D eigenvalue weighted by Gasteiger charge is -2.38. The zero-order chi connectivity index (χ0) is 28.0. The van der Waals surface area contributed by atoms with Crippen molar-refractivity contribution in [3.8, 4) is 0 Å². The van der Waals surface area contributed by atoms with Crippen LogP contribution in [0.2, 0.25) is 0 Å². The SMILES string of the molecule is CC1(C)C2CCC1(C)C(OC(=O)c1cc(C(=O)O)c(C(=O)OC3CC4CCC3(C)C4(C)C)cc1C(=O)O)C2. The normalized spacial score (nSPS) is 35.7. The van der Waals surface area contributed by atoms with E-state index in [9.17, 15) is 29.4 Å². The summed E-state index contributed by atoms with van der Waals surface area (Å²) in [6.07, 6.45) is 4.48. The molecular formula is C30H38O8. The van der Waals surface area contributed by atoms with Crippen LogP contribution < -0.4 is 0 Å². The summed E-state index contributed by atoms with van der Waals surface area (Å²) in [4.78, 5) is 51.0. The lowest BCUT2D eigenvalue weighted by molar-refractivity contribution is -0.0253. The topological polar surface area (TPSA) is 127 Å². The Bertz CT molecular complexity index is 1150. The molecule has 4 aliphatic carbocycles. The molecule has 4 fully saturated rings. The summed E-state index contributed by atoms with van der Waals surface area (Å²) in [5.41, 5.74) is -2.25. The van der Waals surface area contributed by atoms with Crippen molar-refractivity contribution < 1.29 is 38.9 Å². The number of benzene rings is 1. The summed E-state index contributed by atoms with van der Waals surface area (Å²) in [5, 5.41) is 19.8. The molecule has 0 aromatic heterocycles. The third kappa shape index (κ3) is 3.47. The number of aromatic carboxylic acids is 2. The van der Waals surface area contributed by atoms with Gasteiger partial charge in [-0.25, -0.2) is 19.2 Å². The molecular weight excluding hydrogens is 488 g/mol. The lowest BCUT2D eigenvalue weighted by atomic mass is 9.70. The van der Waals surface area contributed by atoms with E-state index in [2.05, 4.69) is 41.5 Å². The second-order valence-electron chi connectivity index (χ2n) is 13.6. The van der Waals surface area contributed by atoms with Crippen LogP contribution in [0.3, 0.4) is 0 Å². The highest BCUT2D eigenvalue weighted by Crippen LogP contribution is 2.67. The van der Waals surface area contributed by atoms with Gasteiger partial charge in [-0.3, -0.25) is 0 Å². The Balaban J connectivity index is 1.45. The van der Waals surface area contributed by atoms with E-state index in [0.29, 0.717) is 24.7 Å². The van der Waals surface area contributed by atoms with Gasteiger partial charge in [-0.05, 0) is 73.3 Å². The minimum absolute atomic E-state index is 0.0295. The van der Waals surface area contributed by atoms with Crippen molar-refractivity contribution >= 4 is 23.9 Å². The van der Waals surface area contributed by atoms with Crippen LogP contribution in [-0.2, 0) is 9.47 Å². The van der Waals surface area contributed by atoms with Gasteiger partial charge in [-0.2, -0.15) is 0 Å². The zero-order valence-corrected chi connectivity index (χ0v) is 23.1. The molecule has 0 heterocycles. The predicted octanol–water partition coefficient (Wildman–Crippen LogP) is 5.83. The number of carbonyl (C=O) groups is 4. The molecule has 206 valence electrons. The van der Waals surface area contributed by atoms with E-state index in [-0.39, 0.29) is 32.8 Å². The summed E-state index contributed by atoms with van der Waals surface area (Å²) in [6, 6.07) is 1.91. The number of carbonyl (C=O) groups excluding carboxylic acids is 2. The van der Waals surface area contributed by atoms with Crippen molar-refractivity contribution in [2.75, 3.05) is 0 Å². The standard InChI is InChI=1S/C30H38O8/c1-27(2)15-7-9-29(27,5)21(11-15)37-25(35)19-13-18(24(33)34)20(14-17(19)23(31)32)26(36)38-22-12-16-8-10-30(22,6)28(16,3)4/h13-16,21-22H,7-12H2,1-6H3,(H,31,32)(H,33,34). The van der Waals surface area contributed by atoms with Crippen LogP contribution >= 0.6 is 0 Å². The molecule has 1 aromatic rings. The van der Waals surface area contributed by atoms with Gasteiger partial charge < -0.3 is 19.7 Å². The van der Waals surface area contributed by atoms with Crippen LogP contribution in [0, 0.1) is 33.5 Å². The van der Waals surface area contributed by atoms with Crippen LogP contribution in [0.15, 0.2) is 12.1 Å². The molecule has 38 heavy (non-hydrogen) atoms. The van der Waals surface area contributed by atoms with E-state index < -0.39 is 47.2 Å². The Kier molecular flexibility index (Phi) is 5.83. The van der Waals surface area contributed by atoms with Gasteiger partial charge >= 0.3 is 23.9 Å². The molecule has 0 amide bonds. The van der Waals surface area contributed by atoms with Gasteiger partial charge in [0.2, 0.25) is 0 Å². The van der Waals surface area contributed by atoms with Gasteiger partial charge in [0.1, 0.15) is 12.2 Å². The Morgan fingerprint density at radius 3 is 1.24 bits per heavy atom. The predicted molar refractivity (Wildman–Crippen MR) is 137 cm³/mol. The summed E-state index contributed by atoms with van der Waals surface area (Å²) < 4.78 is 11.7. The van der Waals surface area contributed by atoms with Crippen LogP contribution in [0.1, 0.15) is 121 Å². The number of rotatable bonds is 6. The van der Waals surface area contributed by atoms with Crippen molar-refractivity contribution in [2.24, 2.45) is 33.5 Å². The third-order valence-electron chi connectivity index (χ3n) is 12.0. The smallest absolute Gasteiger partial charge is 0.339 e. The maximum atomic E-state index is 13.3. The molecule has 4 saturated carbocycles. The Morgan fingerprint density at radius 2 is 1.00 bits per heavy atom. The largest absolute Gasteiger partial charge is 0.478 e. The molecule has 8 nitrogen and oxygen atoms in total. The second kappa shape index (κ2) is 8.30. The van der Waals surface area contributed by atoms with Crippen LogP contribution in [0.5, 0.6) is 0 Å². The molecule has 0 aliphatic heterocycles. The molecule has 4 bridgehead atoms. The molecule has 0 radical (unpaired) electrons. The minimum atomic E-state index is -1.45. The number of fused-ring (bicyclic) bond motifs is 4. The maximum Gasteiger partial charge on any atom is 0.339 e. The number of carboxylic acid groups (broad SMARTS) is 2. The number of hydrogen-bond acceptors (Lipinski definition) is 6. The van der Waals surface area contributed by atoms with Crippen LogP contribution in [0.4, 0.5) is 0 Å². The molecule has 6 unspecified atom stereocenters. The fourth-order valence-corrected chi connectivity index (χ4v) is 8.29. The molecule has 0 saturated heterocycles. The van der Waals surface area contributed by atoms with Crippen LogP contribution in [-0.4, -0.2) is 46.3 Å². The summed E-state index contributed by atoms with van der Waals surface area (Å²) in [7, 11) is 0. The van der Waals surface area contributed by atoms with Crippen molar-refractivity contribution in [2.45, 2.75) is 92.3 Å². The van der Waals surface area contributed by atoms with E-state index >= 15 is 0 Å². The van der Waals surface area contributed by atoms with E-state index in [1.54, 1.807) is 0 Å². The summed E-state index contributed by atoms with van der Waals surface area (Å²) in [5.74, 6) is -3.88. The Hall–Kier alpha value is -2.90. The second-order valence-corrected chi connectivity index (χ2v) is 13.6. The first-order chi connectivity index (χ1) is 17.5. The Morgan fingerprint density at radius 1 is 0.658 bits per heavy atom. The van der Waals surface area contributed by atoms with Crippen molar-refractivity contribution in [3.05, 3.63) is 34.4 Å². The van der Waals surface area contributed by atoms with Gasteiger partial charge in [0.25, 0.3) is 0 Å². The highest BCUT2D eigenvalue weighted by Gasteiger charge is 2.64. The van der Waals surface area contributed by atoms with E-state index in [0.717, 1.165) is 37.8 Å². The first-order valence-electron chi connectivity index (χ1n) is 13.6. The number of ether oxygens (including phenoxy) is 2. The fourth-order valence-electron chi connectivity index (χ4n) is 8.29. The third-order valence-corrected chi connectivity index (χ3v) is 12.0. The van der Waals surface area contributed by atoms with Gasteiger partial charge in [-0.1, -0.05) is 41.5 Å². The average molecular weight is 527 g/mol. The summed E-state index contributed by atoms with van der Waals surface area (Å²) >= 11 is 0. The summed E-state index contributed by atoms with van der Waals surface area (Å²) in [6.45, 7) is 12.9. The van der Waals surface area contributed by atoms with Gasteiger partial charge in [0.05, 0.1) is 22.3 Å². The van der Waals surface area contributed by atoms with Crippen molar-refractivity contribution in [1.82, 2.24) is 0 Å². The van der Waals surface area contributed by atoms with E-state index in [1.165, 1.54) is 0 Å². The quantitative estimate of drug-likeness (QED) is 0.444. The van der Waals surface area contributed by atoms with E-state index in [1.807, 2.05) is 0 Å². The molecule has 0 spiro atoms. The lowest BCUT2D eigenvalue weighted by Crippen LogP contribution is -2.39. The van der Waals surface area contributed by atoms with E-state index in [4.69, 9.17) is 9.47 Å². The first kappa shape index (κ1) is 26.7. The molecule has 8 heteroatoms. The number of hydrogen-bond donors (Lipinski definition) is 2. The van der Waals surface area contributed by atoms with Crippen LogP contribution in [0.25, 0.3) is 0 Å².